The zero-order valence-electron chi connectivity index (χ0n) is 19.6. The van der Waals surface area contributed by atoms with Crippen LogP contribution in [0.25, 0.3) is 0 Å². The standard InChI is InChI=1S/C24H30N4O4S/c1-6-31-21-13-8-7-12-20(21)25-22(29)15-33-24-27-26-23(28(24)16(2)3)17(4)32-19-11-9-10-18(14-19)30-5/h7-14,16-17H,6,15H2,1-5H3,(H,25,29). The maximum absolute atomic E-state index is 12.6. The Morgan fingerprint density at radius 1 is 1.09 bits per heavy atom. The number of para-hydroxylation sites is 2. The third-order valence-electron chi connectivity index (χ3n) is 4.72. The zero-order valence-corrected chi connectivity index (χ0v) is 20.4. The summed E-state index contributed by atoms with van der Waals surface area (Å²) in [5, 5.41) is 12.3. The molecular weight excluding hydrogens is 440 g/mol. The lowest BCUT2D eigenvalue weighted by Crippen LogP contribution is -2.17. The number of hydrogen-bond donors (Lipinski definition) is 1. The summed E-state index contributed by atoms with van der Waals surface area (Å²) in [5.74, 6) is 2.79. The third-order valence-corrected chi connectivity index (χ3v) is 5.66. The van der Waals surface area contributed by atoms with Crippen molar-refractivity contribution in [3.8, 4) is 17.2 Å². The number of ether oxygens (including phenoxy) is 3. The van der Waals surface area contributed by atoms with Crippen molar-refractivity contribution in [1.29, 1.82) is 0 Å². The number of nitrogens with one attached hydrogen (secondary N) is 1. The molecule has 0 radical (unpaired) electrons. The summed E-state index contributed by atoms with van der Waals surface area (Å²) in [6.07, 6.45) is -0.340. The zero-order chi connectivity index (χ0) is 23.8. The summed E-state index contributed by atoms with van der Waals surface area (Å²) >= 11 is 1.33. The van der Waals surface area contributed by atoms with Crippen molar-refractivity contribution in [3.63, 3.8) is 0 Å². The second-order valence-corrected chi connectivity index (χ2v) is 8.45. The summed E-state index contributed by atoms with van der Waals surface area (Å²) in [6, 6.07) is 14.9. The van der Waals surface area contributed by atoms with Gasteiger partial charge in [-0.05, 0) is 52.0 Å². The van der Waals surface area contributed by atoms with Crippen molar-refractivity contribution < 1.29 is 19.0 Å². The van der Waals surface area contributed by atoms with Gasteiger partial charge in [0.1, 0.15) is 17.2 Å². The van der Waals surface area contributed by atoms with E-state index in [1.54, 1.807) is 7.11 Å². The molecule has 1 heterocycles. The number of rotatable bonds is 11. The highest BCUT2D eigenvalue weighted by atomic mass is 32.2. The Hall–Kier alpha value is -3.20. The number of benzene rings is 2. The molecule has 0 aliphatic carbocycles. The van der Waals surface area contributed by atoms with E-state index in [2.05, 4.69) is 15.5 Å². The molecule has 0 saturated carbocycles. The Morgan fingerprint density at radius 2 is 1.85 bits per heavy atom. The van der Waals surface area contributed by atoms with Gasteiger partial charge in [-0.25, -0.2) is 0 Å². The van der Waals surface area contributed by atoms with E-state index in [0.29, 0.717) is 34.8 Å². The second kappa shape index (κ2) is 11.6. The number of nitrogens with zero attached hydrogens (tertiary/aromatic N) is 3. The highest BCUT2D eigenvalue weighted by molar-refractivity contribution is 7.99. The Morgan fingerprint density at radius 3 is 2.58 bits per heavy atom. The normalized spacial score (nSPS) is 11.8. The maximum atomic E-state index is 12.6. The fourth-order valence-electron chi connectivity index (χ4n) is 3.25. The van der Waals surface area contributed by atoms with Gasteiger partial charge in [-0.3, -0.25) is 4.79 Å². The van der Waals surface area contributed by atoms with E-state index in [1.165, 1.54) is 11.8 Å². The minimum Gasteiger partial charge on any atom is -0.497 e. The molecule has 3 aromatic rings. The summed E-state index contributed by atoms with van der Waals surface area (Å²) in [4.78, 5) is 12.6. The molecule has 33 heavy (non-hydrogen) atoms. The second-order valence-electron chi connectivity index (χ2n) is 7.51. The Kier molecular flexibility index (Phi) is 8.59. The summed E-state index contributed by atoms with van der Waals surface area (Å²) in [5.41, 5.74) is 0.649. The van der Waals surface area contributed by atoms with Crippen molar-refractivity contribution in [1.82, 2.24) is 14.8 Å². The Balaban J connectivity index is 1.68. The number of anilines is 1. The van der Waals surface area contributed by atoms with Crippen LogP contribution in [0.5, 0.6) is 17.2 Å². The van der Waals surface area contributed by atoms with E-state index in [0.717, 1.165) is 5.75 Å². The van der Waals surface area contributed by atoms with Crippen LogP contribution < -0.4 is 19.5 Å². The van der Waals surface area contributed by atoms with Crippen molar-refractivity contribution in [3.05, 3.63) is 54.4 Å². The quantitative estimate of drug-likeness (QED) is 0.388. The molecule has 0 aliphatic heterocycles. The van der Waals surface area contributed by atoms with Gasteiger partial charge < -0.3 is 24.1 Å². The average Bonchev–Trinajstić information content (AvgIpc) is 3.24. The van der Waals surface area contributed by atoms with Gasteiger partial charge in [0.05, 0.1) is 25.2 Å². The van der Waals surface area contributed by atoms with Crippen LogP contribution in [0.1, 0.15) is 45.7 Å². The highest BCUT2D eigenvalue weighted by Crippen LogP contribution is 2.29. The number of carbonyl (C=O) groups is 1. The lowest BCUT2D eigenvalue weighted by Gasteiger charge is -2.19. The molecule has 2 aromatic carbocycles. The minimum atomic E-state index is -0.340. The molecular formula is C24H30N4O4S. The SMILES string of the molecule is CCOc1ccccc1NC(=O)CSc1nnc(C(C)Oc2cccc(OC)c2)n1C(C)C. The first-order valence-electron chi connectivity index (χ1n) is 10.8. The van der Waals surface area contributed by atoms with Gasteiger partial charge in [-0.1, -0.05) is 30.0 Å². The van der Waals surface area contributed by atoms with Crippen LogP contribution in [0.3, 0.4) is 0 Å². The largest absolute Gasteiger partial charge is 0.497 e. The van der Waals surface area contributed by atoms with E-state index in [4.69, 9.17) is 14.2 Å². The third kappa shape index (κ3) is 6.41. The molecule has 3 rings (SSSR count). The topological polar surface area (TPSA) is 87.5 Å². The Bertz CT molecular complexity index is 1070. The highest BCUT2D eigenvalue weighted by Gasteiger charge is 2.22. The van der Waals surface area contributed by atoms with Gasteiger partial charge in [0, 0.05) is 12.1 Å². The van der Waals surface area contributed by atoms with Crippen LogP contribution in [-0.4, -0.2) is 40.1 Å². The van der Waals surface area contributed by atoms with Gasteiger partial charge in [-0.2, -0.15) is 0 Å². The Labute approximate surface area is 198 Å². The summed E-state index contributed by atoms with van der Waals surface area (Å²) < 4.78 is 18.9. The van der Waals surface area contributed by atoms with Crippen LogP contribution >= 0.6 is 11.8 Å². The van der Waals surface area contributed by atoms with Gasteiger partial charge >= 0.3 is 0 Å². The maximum Gasteiger partial charge on any atom is 0.234 e. The fraction of sp³-hybridized carbons (Fsp3) is 0.375. The number of carbonyl (C=O) groups excluding carboxylic acids is 1. The van der Waals surface area contributed by atoms with Crippen LogP contribution in [0, 0.1) is 0 Å². The first kappa shape index (κ1) is 24.4. The van der Waals surface area contributed by atoms with Crippen molar-refractivity contribution in [2.45, 2.75) is 45.0 Å². The van der Waals surface area contributed by atoms with Crippen LogP contribution in [-0.2, 0) is 4.79 Å². The summed E-state index contributed by atoms with van der Waals surface area (Å²) in [7, 11) is 1.62. The summed E-state index contributed by atoms with van der Waals surface area (Å²) in [6.45, 7) is 8.46. The van der Waals surface area contributed by atoms with Crippen LogP contribution in [0.15, 0.2) is 53.7 Å². The molecule has 1 N–H and O–H groups in total. The lowest BCUT2D eigenvalue weighted by molar-refractivity contribution is -0.113. The van der Waals surface area contributed by atoms with Crippen LogP contribution in [0.2, 0.25) is 0 Å². The monoisotopic (exact) mass is 470 g/mol. The number of aromatic nitrogens is 3. The molecule has 1 aromatic heterocycles. The van der Waals surface area contributed by atoms with Gasteiger partial charge in [-0.15, -0.1) is 10.2 Å². The molecule has 0 spiro atoms. The van der Waals surface area contributed by atoms with E-state index < -0.39 is 0 Å². The molecule has 0 bridgehead atoms. The molecule has 0 fully saturated rings. The van der Waals surface area contributed by atoms with Crippen molar-refractivity contribution in [2.24, 2.45) is 0 Å². The molecule has 1 unspecified atom stereocenters. The molecule has 1 atom stereocenters. The number of amides is 1. The van der Waals surface area contributed by atoms with E-state index in [1.807, 2.05) is 80.8 Å². The van der Waals surface area contributed by atoms with E-state index in [-0.39, 0.29) is 23.8 Å². The average molecular weight is 471 g/mol. The fourth-order valence-corrected chi connectivity index (χ4v) is 4.12. The molecule has 0 aliphatic rings. The number of thioether (sulfide) groups is 1. The first-order valence-corrected chi connectivity index (χ1v) is 11.8. The minimum absolute atomic E-state index is 0.0931. The number of hydrogen-bond acceptors (Lipinski definition) is 7. The van der Waals surface area contributed by atoms with E-state index in [9.17, 15) is 4.79 Å². The van der Waals surface area contributed by atoms with Crippen LogP contribution in [0.4, 0.5) is 5.69 Å². The lowest BCUT2D eigenvalue weighted by atomic mass is 10.3. The smallest absolute Gasteiger partial charge is 0.234 e. The molecule has 1 amide bonds. The van der Waals surface area contributed by atoms with E-state index >= 15 is 0 Å². The first-order chi connectivity index (χ1) is 15.9. The van der Waals surface area contributed by atoms with Crippen molar-refractivity contribution in [2.75, 3.05) is 24.8 Å². The van der Waals surface area contributed by atoms with Gasteiger partial charge in [0.15, 0.2) is 17.1 Å². The molecule has 8 nitrogen and oxygen atoms in total. The molecule has 0 saturated heterocycles. The molecule has 9 heteroatoms. The van der Waals surface area contributed by atoms with Gasteiger partial charge in [0.25, 0.3) is 0 Å². The molecule has 176 valence electrons. The van der Waals surface area contributed by atoms with Gasteiger partial charge in [0.2, 0.25) is 5.91 Å². The van der Waals surface area contributed by atoms with Crippen molar-refractivity contribution >= 4 is 23.4 Å². The predicted molar refractivity (Wildman–Crippen MR) is 129 cm³/mol. The number of methoxy groups -OCH3 is 1. The predicted octanol–water partition coefficient (Wildman–Crippen LogP) is 5.14.